The third-order valence-corrected chi connectivity index (χ3v) is 6.83. The number of alkyl halides is 3. The number of thiazole rings is 1. The molecule has 1 N–H and O–H groups in total. The molecular formula is C28H22F3N5O4S. The minimum Gasteiger partial charge on any atom is -0.493 e. The van der Waals surface area contributed by atoms with Crippen LogP contribution in [-0.4, -0.2) is 48.2 Å². The lowest BCUT2D eigenvalue weighted by Crippen LogP contribution is -2.18. The van der Waals surface area contributed by atoms with Crippen molar-refractivity contribution in [2.75, 3.05) is 21.3 Å². The van der Waals surface area contributed by atoms with Gasteiger partial charge in [-0.15, -0.1) is 11.3 Å². The Kier molecular flexibility index (Phi) is 7.62. The number of hydrogen-bond donors (Lipinski definition) is 1. The first-order valence-corrected chi connectivity index (χ1v) is 12.9. The zero-order valence-corrected chi connectivity index (χ0v) is 22.7. The summed E-state index contributed by atoms with van der Waals surface area (Å²) in [4.78, 5) is 17.0. The zero-order valence-electron chi connectivity index (χ0n) is 21.9. The molecule has 2 aromatic heterocycles. The van der Waals surface area contributed by atoms with Crippen LogP contribution in [0.4, 0.5) is 13.2 Å². The van der Waals surface area contributed by atoms with Gasteiger partial charge in [0.1, 0.15) is 5.69 Å². The normalized spacial score (nSPS) is 11.7. The lowest BCUT2D eigenvalue weighted by molar-refractivity contribution is -0.141. The molecule has 3 aromatic carbocycles. The molecule has 0 saturated heterocycles. The maximum atomic E-state index is 13.6. The van der Waals surface area contributed by atoms with Gasteiger partial charge in [-0.05, 0) is 35.0 Å². The van der Waals surface area contributed by atoms with E-state index in [1.54, 1.807) is 24.3 Å². The Balaban J connectivity index is 1.41. The zero-order chi connectivity index (χ0) is 29.1. The second kappa shape index (κ2) is 11.3. The summed E-state index contributed by atoms with van der Waals surface area (Å²) >= 11 is 0.974. The molecular weight excluding hydrogens is 559 g/mol. The number of nitrogens with zero attached hydrogens (tertiary/aromatic N) is 4. The summed E-state index contributed by atoms with van der Waals surface area (Å²) < 4.78 is 57.8. The van der Waals surface area contributed by atoms with Gasteiger partial charge in [-0.2, -0.15) is 23.4 Å². The number of methoxy groups -OCH3 is 3. The molecule has 9 nitrogen and oxygen atoms in total. The van der Waals surface area contributed by atoms with Crippen LogP contribution in [0.15, 0.2) is 71.1 Å². The van der Waals surface area contributed by atoms with Gasteiger partial charge in [0.05, 0.1) is 33.2 Å². The molecule has 0 bridgehead atoms. The summed E-state index contributed by atoms with van der Waals surface area (Å²) in [6.45, 7) is 0. The summed E-state index contributed by atoms with van der Waals surface area (Å²) in [6, 6.07) is 17.1. The van der Waals surface area contributed by atoms with Gasteiger partial charge < -0.3 is 14.2 Å². The molecule has 2 heterocycles. The van der Waals surface area contributed by atoms with E-state index in [-0.39, 0.29) is 16.5 Å². The highest BCUT2D eigenvalue weighted by Crippen LogP contribution is 2.38. The van der Waals surface area contributed by atoms with E-state index in [1.807, 2.05) is 30.3 Å². The highest BCUT2D eigenvalue weighted by Gasteiger charge is 2.35. The van der Waals surface area contributed by atoms with E-state index in [0.717, 1.165) is 32.9 Å². The second-order valence-corrected chi connectivity index (χ2v) is 9.40. The van der Waals surface area contributed by atoms with Crippen molar-refractivity contribution in [2.45, 2.75) is 6.18 Å². The summed E-state index contributed by atoms with van der Waals surface area (Å²) in [5, 5.41) is 11.0. The minimum absolute atomic E-state index is 0.0411. The lowest BCUT2D eigenvalue weighted by Gasteiger charge is -2.12. The number of carbonyl (C=O) groups excluding carboxylic acids is 1. The van der Waals surface area contributed by atoms with Crippen LogP contribution in [0.5, 0.6) is 17.2 Å². The maximum Gasteiger partial charge on any atom is 0.435 e. The van der Waals surface area contributed by atoms with Gasteiger partial charge in [-0.1, -0.05) is 36.4 Å². The standard InChI is InChI=1S/C28H22F3N5O4S/c1-38-22-10-16(11-23(39-2)25(22)40-3)14-32-34-26(37)20-15-41-27(33-20)36-21(13-24(35-36)28(29,30)31)19-9-8-17-6-4-5-7-18(17)12-19/h4-15H,1-3H3,(H,34,37)/b32-14+. The smallest absolute Gasteiger partial charge is 0.435 e. The number of ether oxygens (including phenoxy) is 3. The maximum absolute atomic E-state index is 13.6. The molecule has 0 atom stereocenters. The molecule has 0 aliphatic heterocycles. The summed E-state index contributed by atoms with van der Waals surface area (Å²) in [6.07, 6.45) is -3.30. The predicted octanol–water partition coefficient (Wildman–Crippen LogP) is 5.96. The van der Waals surface area contributed by atoms with Crippen LogP contribution in [0.2, 0.25) is 0 Å². The molecule has 0 aliphatic carbocycles. The van der Waals surface area contributed by atoms with Crippen molar-refractivity contribution in [1.82, 2.24) is 20.2 Å². The summed E-state index contributed by atoms with van der Waals surface area (Å²) in [7, 11) is 4.43. The average molecular weight is 582 g/mol. The van der Waals surface area contributed by atoms with Crippen molar-refractivity contribution >= 4 is 34.2 Å². The van der Waals surface area contributed by atoms with Crippen LogP contribution in [0.25, 0.3) is 27.2 Å². The topological polar surface area (TPSA) is 99.9 Å². The monoisotopic (exact) mass is 581 g/mol. The van der Waals surface area contributed by atoms with Crippen molar-refractivity contribution in [2.24, 2.45) is 5.10 Å². The highest BCUT2D eigenvalue weighted by molar-refractivity contribution is 7.12. The molecule has 5 aromatic rings. The van der Waals surface area contributed by atoms with Crippen molar-refractivity contribution in [3.63, 3.8) is 0 Å². The molecule has 13 heteroatoms. The Morgan fingerprint density at radius 3 is 2.34 bits per heavy atom. The fourth-order valence-corrected chi connectivity index (χ4v) is 4.85. The Hall–Kier alpha value is -4.91. The van der Waals surface area contributed by atoms with Crippen LogP contribution in [0.1, 0.15) is 21.7 Å². The van der Waals surface area contributed by atoms with Gasteiger partial charge in [-0.25, -0.2) is 15.1 Å². The third kappa shape index (κ3) is 5.70. The first-order chi connectivity index (χ1) is 19.7. The van der Waals surface area contributed by atoms with E-state index in [4.69, 9.17) is 14.2 Å². The van der Waals surface area contributed by atoms with Crippen LogP contribution in [0, 0.1) is 0 Å². The first-order valence-electron chi connectivity index (χ1n) is 12.0. The molecule has 0 unspecified atom stereocenters. The second-order valence-electron chi connectivity index (χ2n) is 8.56. The van der Waals surface area contributed by atoms with Gasteiger partial charge in [0, 0.05) is 16.5 Å². The molecule has 0 saturated carbocycles. The van der Waals surface area contributed by atoms with Gasteiger partial charge in [-0.3, -0.25) is 4.79 Å². The Morgan fingerprint density at radius 2 is 1.68 bits per heavy atom. The molecule has 41 heavy (non-hydrogen) atoms. The largest absolute Gasteiger partial charge is 0.493 e. The lowest BCUT2D eigenvalue weighted by atomic mass is 10.0. The van der Waals surface area contributed by atoms with E-state index in [2.05, 4.69) is 20.6 Å². The number of carbonyl (C=O) groups is 1. The third-order valence-electron chi connectivity index (χ3n) is 6.02. The number of nitrogens with one attached hydrogen (secondary N) is 1. The van der Waals surface area contributed by atoms with Gasteiger partial charge in [0.25, 0.3) is 5.91 Å². The SMILES string of the molecule is COc1cc(/C=N/NC(=O)c2csc(-n3nc(C(F)(F)F)cc3-c3ccc4ccccc4c3)n2)cc(OC)c1OC. The number of halogens is 3. The fraction of sp³-hybridized carbons (Fsp3) is 0.143. The minimum atomic E-state index is -4.67. The predicted molar refractivity (Wildman–Crippen MR) is 148 cm³/mol. The summed E-state index contributed by atoms with van der Waals surface area (Å²) in [5.41, 5.74) is 2.50. The van der Waals surface area contributed by atoms with Crippen LogP contribution in [0.3, 0.4) is 0 Å². The Morgan fingerprint density at radius 1 is 0.976 bits per heavy atom. The molecule has 1 amide bonds. The molecule has 0 fully saturated rings. The number of benzene rings is 3. The quantitative estimate of drug-likeness (QED) is 0.179. The number of hydrogen-bond acceptors (Lipinski definition) is 8. The Bertz CT molecular complexity index is 1740. The summed E-state index contributed by atoms with van der Waals surface area (Å²) in [5.74, 6) is 0.556. The molecule has 0 spiro atoms. The average Bonchev–Trinajstić information content (AvgIpc) is 3.64. The van der Waals surface area contributed by atoms with Crippen molar-refractivity contribution in [1.29, 1.82) is 0 Å². The van der Waals surface area contributed by atoms with E-state index in [9.17, 15) is 18.0 Å². The number of fused-ring (bicyclic) bond motifs is 1. The van der Waals surface area contributed by atoms with Crippen molar-refractivity contribution in [3.05, 3.63) is 83.0 Å². The van der Waals surface area contributed by atoms with E-state index >= 15 is 0 Å². The van der Waals surface area contributed by atoms with Crippen LogP contribution < -0.4 is 19.6 Å². The molecule has 0 radical (unpaired) electrons. The van der Waals surface area contributed by atoms with Crippen molar-refractivity contribution < 1.29 is 32.2 Å². The van der Waals surface area contributed by atoms with Crippen LogP contribution >= 0.6 is 11.3 Å². The van der Waals surface area contributed by atoms with Gasteiger partial charge >= 0.3 is 6.18 Å². The van der Waals surface area contributed by atoms with Gasteiger partial charge in [0.2, 0.25) is 10.9 Å². The van der Waals surface area contributed by atoms with Gasteiger partial charge in [0.15, 0.2) is 17.2 Å². The molecule has 210 valence electrons. The fourth-order valence-electron chi connectivity index (χ4n) is 4.08. The molecule has 0 aliphatic rings. The molecule has 5 rings (SSSR count). The van der Waals surface area contributed by atoms with E-state index in [1.165, 1.54) is 32.9 Å². The first kappa shape index (κ1) is 27.6. The van der Waals surface area contributed by atoms with E-state index in [0.29, 0.717) is 28.4 Å². The Labute approximate surface area is 235 Å². The van der Waals surface area contributed by atoms with Crippen LogP contribution in [-0.2, 0) is 6.18 Å². The number of amides is 1. The number of aromatic nitrogens is 3. The van der Waals surface area contributed by atoms with E-state index < -0.39 is 17.8 Å². The highest BCUT2D eigenvalue weighted by atomic mass is 32.1. The number of hydrazone groups is 1. The number of rotatable bonds is 8. The van der Waals surface area contributed by atoms with Crippen molar-refractivity contribution in [3.8, 4) is 33.6 Å².